The second kappa shape index (κ2) is 6.65. The molecule has 10 heteroatoms. The topological polar surface area (TPSA) is 122 Å². The molecule has 0 saturated carbocycles. The number of amides is 1. The van der Waals surface area contributed by atoms with Gasteiger partial charge in [-0.05, 0) is 22.0 Å². The first-order chi connectivity index (χ1) is 9.25. The second-order valence-corrected chi connectivity index (χ2v) is 5.87. The number of benzene rings is 1. The number of hydrogen-bond acceptors (Lipinski definition) is 5. The van der Waals surface area contributed by atoms with Gasteiger partial charge in [0.05, 0.1) is 10.5 Å². The number of primary sulfonamides is 1. The zero-order valence-corrected chi connectivity index (χ0v) is 12.3. The molecule has 0 atom stereocenters. The first-order valence-electron chi connectivity index (χ1n) is 5.04. The maximum atomic E-state index is 13.5. The number of rotatable bonds is 5. The van der Waals surface area contributed by atoms with Crippen LogP contribution in [0.4, 0.5) is 4.39 Å². The number of nitrogens with one attached hydrogen (secondary N) is 1. The quantitative estimate of drug-likeness (QED) is 0.724. The molecule has 20 heavy (non-hydrogen) atoms. The van der Waals surface area contributed by atoms with E-state index >= 15 is 0 Å². The molecule has 0 aromatic heterocycles. The molecule has 3 N–H and O–H groups in total. The van der Waals surface area contributed by atoms with E-state index in [4.69, 9.17) is 15.1 Å². The lowest BCUT2D eigenvalue weighted by atomic mass is 10.3. The molecular formula is C10H9BrFN3O4S. The fourth-order valence-corrected chi connectivity index (χ4v) is 2.39. The van der Waals surface area contributed by atoms with Crippen molar-refractivity contribution in [2.24, 2.45) is 5.14 Å². The fourth-order valence-electron chi connectivity index (χ4n) is 1.17. The summed E-state index contributed by atoms with van der Waals surface area (Å²) in [6.45, 7) is -0.628. The number of nitrogens with zero attached hydrogens (tertiary/aromatic N) is 1. The third-order valence-corrected chi connectivity index (χ3v) is 3.56. The van der Waals surface area contributed by atoms with Gasteiger partial charge in [0.25, 0.3) is 5.91 Å². The van der Waals surface area contributed by atoms with Crippen LogP contribution in [0.25, 0.3) is 0 Å². The van der Waals surface area contributed by atoms with Crippen LogP contribution in [0.5, 0.6) is 5.75 Å². The van der Waals surface area contributed by atoms with Gasteiger partial charge in [0.1, 0.15) is 23.0 Å². The monoisotopic (exact) mass is 365 g/mol. The molecule has 7 nitrogen and oxygen atoms in total. The van der Waals surface area contributed by atoms with Crippen molar-refractivity contribution < 1.29 is 22.3 Å². The first-order valence-corrected chi connectivity index (χ1v) is 7.38. The highest BCUT2D eigenvalue weighted by Crippen LogP contribution is 2.29. The van der Waals surface area contributed by atoms with Gasteiger partial charge in [-0.15, -0.1) is 0 Å². The van der Waals surface area contributed by atoms with Crippen molar-refractivity contribution >= 4 is 31.9 Å². The molecule has 0 bridgehead atoms. The van der Waals surface area contributed by atoms with Crippen molar-refractivity contribution in [2.75, 3.05) is 13.2 Å². The van der Waals surface area contributed by atoms with Crippen LogP contribution < -0.4 is 15.2 Å². The number of carbonyl (C=O) groups is 1. The number of hydrogen-bond donors (Lipinski definition) is 2. The molecule has 1 rings (SSSR count). The lowest BCUT2D eigenvalue weighted by molar-refractivity contribution is -0.122. The zero-order valence-electron chi connectivity index (χ0n) is 9.89. The molecule has 0 aliphatic carbocycles. The highest BCUT2D eigenvalue weighted by atomic mass is 79.9. The Hall–Kier alpha value is -1.70. The standard InChI is InChI=1S/C10H9BrFN3O4S/c11-6-3-9(20(14,17)18)7(12)4-8(6)19-5-10(16)15-2-1-13/h3-4H,2,5H2,(H,15,16)(H2,14,17,18). The average Bonchev–Trinajstić information content (AvgIpc) is 2.35. The molecular weight excluding hydrogens is 357 g/mol. The van der Waals surface area contributed by atoms with Gasteiger partial charge in [0, 0.05) is 6.07 Å². The van der Waals surface area contributed by atoms with Gasteiger partial charge in [-0.1, -0.05) is 0 Å². The molecule has 0 aliphatic rings. The molecule has 0 saturated heterocycles. The van der Waals surface area contributed by atoms with Crippen molar-refractivity contribution in [1.82, 2.24) is 5.32 Å². The van der Waals surface area contributed by atoms with Crippen LogP contribution in [0.15, 0.2) is 21.5 Å². The third kappa shape index (κ3) is 4.44. The van der Waals surface area contributed by atoms with Gasteiger partial charge in [-0.25, -0.2) is 17.9 Å². The minimum absolute atomic E-state index is 0.0676. The molecule has 1 aromatic carbocycles. The van der Waals surface area contributed by atoms with E-state index in [9.17, 15) is 17.6 Å². The molecule has 0 spiro atoms. The third-order valence-electron chi connectivity index (χ3n) is 2.02. The SMILES string of the molecule is N#CCNC(=O)COc1cc(F)c(S(N)(=O)=O)cc1Br. The van der Waals surface area contributed by atoms with Crippen LogP contribution in [-0.2, 0) is 14.8 Å². The fraction of sp³-hybridized carbons (Fsp3) is 0.200. The smallest absolute Gasteiger partial charge is 0.258 e. The maximum absolute atomic E-state index is 13.5. The maximum Gasteiger partial charge on any atom is 0.258 e. The van der Waals surface area contributed by atoms with E-state index in [1.165, 1.54) is 0 Å². The molecule has 0 unspecified atom stereocenters. The Morgan fingerprint density at radius 2 is 2.20 bits per heavy atom. The number of carbonyl (C=O) groups excluding carboxylic acids is 1. The average molecular weight is 366 g/mol. The van der Waals surface area contributed by atoms with E-state index in [2.05, 4.69) is 21.2 Å². The summed E-state index contributed by atoms with van der Waals surface area (Å²) in [5.41, 5.74) is 0. The van der Waals surface area contributed by atoms with Gasteiger partial charge in [-0.3, -0.25) is 4.79 Å². The largest absolute Gasteiger partial charge is 0.482 e. The Morgan fingerprint density at radius 1 is 1.55 bits per heavy atom. The minimum Gasteiger partial charge on any atom is -0.482 e. The summed E-state index contributed by atoms with van der Waals surface area (Å²) in [5, 5.41) is 15.3. The summed E-state index contributed by atoms with van der Waals surface area (Å²) in [6, 6.07) is 3.43. The van der Waals surface area contributed by atoms with Crippen molar-refractivity contribution in [2.45, 2.75) is 4.90 Å². The first kappa shape index (κ1) is 16.4. The molecule has 0 fully saturated rings. The summed E-state index contributed by atoms with van der Waals surface area (Å²) in [4.78, 5) is 10.5. The van der Waals surface area contributed by atoms with Gasteiger partial charge in [0.15, 0.2) is 6.61 Å². The minimum atomic E-state index is -4.19. The predicted molar refractivity (Wildman–Crippen MR) is 69.6 cm³/mol. The molecule has 108 valence electrons. The van der Waals surface area contributed by atoms with Crippen molar-refractivity contribution in [3.05, 3.63) is 22.4 Å². The molecule has 0 aliphatic heterocycles. The van der Waals surface area contributed by atoms with Crippen molar-refractivity contribution in [1.29, 1.82) is 5.26 Å². The Balaban J connectivity index is 2.87. The summed E-state index contributed by atoms with van der Waals surface area (Å²) >= 11 is 2.98. The molecule has 1 amide bonds. The van der Waals surface area contributed by atoms with E-state index in [1.54, 1.807) is 6.07 Å². The molecule has 1 aromatic rings. The van der Waals surface area contributed by atoms with E-state index in [-0.39, 0.29) is 16.8 Å². The van der Waals surface area contributed by atoms with E-state index in [1.807, 2.05) is 0 Å². The van der Waals surface area contributed by atoms with Crippen molar-refractivity contribution in [3.63, 3.8) is 0 Å². The molecule has 0 radical (unpaired) electrons. The summed E-state index contributed by atoms with van der Waals surface area (Å²) in [6.07, 6.45) is 0. The zero-order chi connectivity index (χ0) is 15.3. The van der Waals surface area contributed by atoms with Crippen LogP contribution in [0.3, 0.4) is 0 Å². The van der Waals surface area contributed by atoms with Crippen LogP contribution >= 0.6 is 15.9 Å². The Bertz CT molecular complexity index is 672. The van der Waals surface area contributed by atoms with Crippen LogP contribution in [0, 0.1) is 17.1 Å². The van der Waals surface area contributed by atoms with Gasteiger partial charge in [0.2, 0.25) is 10.0 Å². The van der Waals surface area contributed by atoms with E-state index in [0.29, 0.717) is 0 Å². The Morgan fingerprint density at radius 3 is 2.75 bits per heavy atom. The number of halogens is 2. The van der Waals surface area contributed by atoms with E-state index < -0.39 is 33.3 Å². The van der Waals surface area contributed by atoms with Gasteiger partial charge >= 0.3 is 0 Å². The highest BCUT2D eigenvalue weighted by molar-refractivity contribution is 9.10. The summed E-state index contributed by atoms with van der Waals surface area (Å²) in [5.74, 6) is -1.74. The lowest BCUT2D eigenvalue weighted by Gasteiger charge is -2.09. The van der Waals surface area contributed by atoms with E-state index in [0.717, 1.165) is 12.1 Å². The van der Waals surface area contributed by atoms with Crippen LogP contribution in [0.1, 0.15) is 0 Å². The predicted octanol–water partition coefficient (Wildman–Crippen LogP) is 0.254. The number of nitriles is 1. The molecule has 0 heterocycles. The normalized spacial score (nSPS) is 10.7. The summed E-state index contributed by atoms with van der Waals surface area (Å²) in [7, 11) is -4.19. The van der Waals surface area contributed by atoms with Gasteiger partial charge in [-0.2, -0.15) is 5.26 Å². The number of ether oxygens (including phenoxy) is 1. The Labute approximate surface area is 122 Å². The number of sulfonamides is 1. The highest BCUT2D eigenvalue weighted by Gasteiger charge is 2.18. The van der Waals surface area contributed by atoms with Gasteiger partial charge < -0.3 is 10.1 Å². The van der Waals surface area contributed by atoms with Crippen LogP contribution in [-0.4, -0.2) is 27.5 Å². The van der Waals surface area contributed by atoms with Crippen molar-refractivity contribution in [3.8, 4) is 11.8 Å². The van der Waals surface area contributed by atoms with Crippen LogP contribution in [0.2, 0.25) is 0 Å². The second-order valence-electron chi connectivity index (χ2n) is 3.48. The Kier molecular flexibility index (Phi) is 5.43. The lowest BCUT2D eigenvalue weighted by Crippen LogP contribution is -2.29. The number of nitrogens with two attached hydrogens (primary N) is 1. The summed E-state index contributed by atoms with van der Waals surface area (Å²) < 4.78 is 40.8.